The van der Waals surface area contributed by atoms with Crippen LogP contribution >= 0.6 is 0 Å². The van der Waals surface area contributed by atoms with Crippen molar-refractivity contribution in [3.63, 3.8) is 0 Å². The first-order valence-corrected chi connectivity index (χ1v) is 8.98. The molecule has 4 atom stereocenters. The van der Waals surface area contributed by atoms with Gasteiger partial charge in [-0.3, -0.25) is 0 Å². The summed E-state index contributed by atoms with van der Waals surface area (Å²) in [6.07, 6.45) is 6.34. The summed E-state index contributed by atoms with van der Waals surface area (Å²) in [5.41, 5.74) is 4.26. The fourth-order valence-corrected chi connectivity index (χ4v) is 5.14. The zero-order valence-corrected chi connectivity index (χ0v) is 14.0. The molecule has 2 N–H and O–H groups in total. The van der Waals surface area contributed by atoms with Crippen LogP contribution < -0.4 is 0 Å². The molecule has 1 unspecified atom stereocenters. The molecule has 2 fully saturated rings. The molecule has 2 saturated carbocycles. The maximum Gasteiger partial charge on any atom is 0.0543 e. The molecule has 0 saturated heterocycles. The second kappa shape index (κ2) is 5.52. The Balaban J connectivity index is 1.64. The van der Waals surface area contributed by atoms with Gasteiger partial charge in [0.05, 0.1) is 6.10 Å². The number of hydrogen-bond donors (Lipinski definition) is 2. The molecule has 1 aromatic heterocycles. The van der Waals surface area contributed by atoms with Gasteiger partial charge in [-0.25, -0.2) is 0 Å². The highest BCUT2D eigenvalue weighted by molar-refractivity contribution is 5.80. The van der Waals surface area contributed by atoms with Crippen molar-refractivity contribution in [2.75, 3.05) is 0 Å². The van der Waals surface area contributed by atoms with E-state index in [1.165, 1.54) is 28.6 Å². The molecule has 122 valence electrons. The molecule has 1 aromatic carbocycles. The van der Waals surface area contributed by atoms with Gasteiger partial charge >= 0.3 is 0 Å². The SMILES string of the molecule is C=C1CCC2C[C@@H](O)CC[C@]2(C)[C@H]1Cc1cc2ccccc2[nH]1. The summed E-state index contributed by atoms with van der Waals surface area (Å²) < 4.78 is 0. The Morgan fingerprint density at radius 3 is 2.96 bits per heavy atom. The third-order valence-electron chi connectivity index (χ3n) is 6.62. The lowest BCUT2D eigenvalue weighted by Gasteiger charge is -2.52. The molecular weight excluding hydrogens is 282 g/mol. The zero-order valence-electron chi connectivity index (χ0n) is 14.0. The molecule has 2 nitrogen and oxygen atoms in total. The van der Waals surface area contributed by atoms with E-state index in [0.717, 1.165) is 32.1 Å². The van der Waals surface area contributed by atoms with E-state index in [0.29, 0.717) is 17.3 Å². The second-order valence-corrected chi connectivity index (χ2v) is 7.97. The predicted octanol–water partition coefficient (Wildman–Crippen LogP) is 4.84. The van der Waals surface area contributed by atoms with E-state index < -0.39 is 0 Å². The average Bonchev–Trinajstić information content (AvgIpc) is 2.95. The fraction of sp³-hybridized carbons (Fsp3) is 0.524. The van der Waals surface area contributed by atoms with E-state index >= 15 is 0 Å². The summed E-state index contributed by atoms with van der Waals surface area (Å²) in [7, 11) is 0. The summed E-state index contributed by atoms with van der Waals surface area (Å²) >= 11 is 0. The highest BCUT2D eigenvalue weighted by atomic mass is 16.3. The Morgan fingerprint density at radius 1 is 1.30 bits per heavy atom. The lowest BCUT2D eigenvalue weighted by Crippen LogP contribution is -2.46. The number of benzene rings is 1. The van der Waals surface area contributed by atoms with Crippen LogP contribution in [0, 0.1) is 17.3 Å². The van der Waals surface area contributed by atoms with Gasteiger partial charge in [-0.1, -0.05) is 37.3 Å². The van der Waals surface area contributed by atoms with Crippen LogP contribution in [0.1, 0.15) is 44.7 Å². The Hall–Kier alpha value is -1.54. The van der Waals surface area contributed by atoms with Crippen LogP contribution in [-0.2, 0) is 6.42 Å². The van der Waals surface area contributed by atoms with Gasteiger partial charge < -0.3 is 10.1 Å². The van der Waals surface area contributed by atoms with E-state index in [1.807, 2.05) is 0 Å². The summed E-state index contributed by atoms with van der Waals surface area (Å²) in [5.74, 6) is 1.17. The minimum atomic E-state index is -0.0897. The van der Waals surface area contributed by atoms with Crippen molar-refractivity contribution in [1.29, 1.82) is 0 Å². The Bertz CT molecular complexity index is 697. The van der Waals surface area contributed by atoms with Crippen LogP contribution in [0.3, 0.4) is 0 Å². The number of aliphatic hydroxyl groups excluding tert-OH is 1. The van der Waals surface area contributed by atoms with Crippen LogP contribution in [0.5, 0.6) is 0 Å². The summed E-state index contributed by atoms with van der Waals surface area (Å²) in [6, 6.07) is 10.8. The van der Waals surface area contributed by atoms with Crippen LogP contribution in [0.25, 0.3) is 10.9 Å². The van der Waals surface area contributed by atoms with Gasteiger partial charge in [0.2, 0.25) is 0 Å². The van der Waals surface area contributed by atoms with Gasteiger partial charge in [0.1, 0.15) is 0 Å². The number of fused-ring (bicyclic) bond motifs is 2. The molecular formula is C21H27NO. The van der Waals surface area contributed by atoms with Gasteiger partial charge in [0, 0.05) is 11.2 Å². The summed E-state index contributed by atoms with van der Waals surface area (Å²) in [4.78, 5) is 3.59. The molecule has 2 heteroatoms. The maximum atomic E-state index is 10.1. The standard InChI is InChI=1S/C21H27NO/c1-14-7-8-16-12-18(23)9-10-21(16,2)19(14)13-17-11-15-5-3-4-6-20(15)22-17/h3-6,11,16,18-19,22-23H,1,7-10,12-13H2,2H3/t16?,18-,19-,21-/m0/s1. The number of para-hydroxylation sites is 1. The molecule has 2 aliphatic rings. The van der Waals surface area contributed by atoms with Gasteiger partial charge in [-0.05, 0) is 73.3 Å². The molecule has 2 aromatic rings. The predicted molar refractivity (Wildman–Crippen MR) is 95.3 cm³/mol. The van der Waals surface area contributed by atoms with E-state index in [-0.39, 0.29) is 6.10 Å². The minimum absolute atomic E-state index is 0.0897. The normalized spacial score (nSPS) is 34.5. The molecule has 4 rings (SSSR count). The molecule has 0 aliphatic heterocycles. The van der Waals surface area contributed by atoms with E-state index in [4.69, 9.17) is 0 Å². The van der Waals surface area contributed by atoms with Crippen LogP contribution in [-0.4, -0.2) is 16.2 Å². The molecule has 2 aliphatic carbocycles. The highest BCUT2D eigenvalue weighted by Crippen LogP contribution is 2.55. The molecule has 0 spiro atoms. The van der Waals surface area contributed by atoms with E-state index in [2.05, 4.69) is 48.8 Å². The smallest absolute Gasteiger partial charge is 0.0543 e. The average molecular weight is 309 g/mol. The number of hydrogen-bond acceptors (Lipinski definition) is 1. The Morgan fingerprint density at radius 2 is 2.13 bits per heavy atom. The number of nitrogens with one attached hydrogen (secondary N) is 1. The van der Waals surface area contributed by atoms with Gasteiger partial charge in [-0.15, -0.1) is 0 Å². The van der Waals surface area contributed by atoms with Crippen LogP contribution in [0.15, 0.2) is 42.5 Å². The van der Waals surface area contributed by atoms with Crippen molar-refractivity contribution in [2.45, 2.75) is 51.6 Å². The van der Waals surface area contributed by atoms with E-state index in [1.54, 1.807) is 0 Å². The second-order valence-electron chi connectivity index (χ2n) is 7.97. The monoisotopic (exact) mass is 309 g/mol. The fourth-order valence-electron chi connectivity index (χ4n) is 5.14. The Labute approximate surface area is 138 Å². The number of aromatic amines is 1. The molecule has 0 amide bonds. The first-order valence-electron chi connectivity index (χ1n) is 8.98. The summed E-state index contributed by atoms with van der Waals surface area (Å²) in [5, 5.41) is 11.4. The third kappa shape index (κ3) is 2.53. The first-order chi connectivity index (χ1) is 11.1. The molecule has 23 heavy (non-hydrogen) atoms. The van der Waals surface area contributed by atoms with Crippen molar-refractivity contribution in [3.8, 4) is 0 Å². The summed E-state index contributed by atoms with van der Waals surface area (Å²) in [6.45, 7) is 6.87. The zero-order chi connectivity index (χ0) is 16.0. The third-order valence-corrected chi connectivity index (χ3v) is 6.62. The molecule has 0 radical (unpaired) electrons. The lowest BCUT2D eigenvalue weighted by molar-refractivity contribution is -0.0268. The number of aliphatic hydroxyl groups is 1. The number of allylic oxidation sites excluding steroid dienone is 1. The largest absolute Gasteiger partial charge is 0.393 e. The minimum Gasteiger partial charge on any atom is -0.393 e. The number of H-pyrrole nitrogens is 1. The Kier molecular flexibility index (Phi) is 3.60. The number of rotatable bonds is 2. The van der Waals surface area contributed by atoms with Crippen molar-refractivity contribution in [1.82, 2.24) is 4.98 Å². The maximum absolute atomic E-state index is 10.1. The quantitative estimate of drug-likeness (QED) is 0.765. The van der Waals surface area contributed by atoms with Crippen LogP contribution in [0.2, 0.25) is 0 Å². The first kappa shape index (κ1) is 15.0. The van der Waals surface area contributed by atoms with Crippen LogP contribution in [0.4, 0.5) is 0 Å². The van der Waals surface area contributed by atoms with Gasteiger partial charge in [0.15, 0.2) is 0 Å². The highest BCUT2D eigenvalue weighted by Gasteiger charge is 2.48. The number of aromatic nitrogens is 1. The van der Waals surface area contributed by atoms with Gasteiger partial charge in [0.25, 0.3) is 0 Å². The van der Waals surface area contributed by atoms with E-state index in [9.17, 15) is 5.11 Å². The van der Waals surface area contributed by atoms with Crippen molar-refractivity contribution in [2.24, 2.45) is 17.3 Å². The van der Waals surface area contributed by atoms with Crippen molar-refractivity contribution in [3.05, 3.63) is 48.2 Å². The molecule has 0 bridgehead atoms. The van der Waals surface area contributed by atoms with Crippen molar-refractivity contribution >= 4 is 10.9 Å². The van der Waals surface area contributed by atoms with Crippen molar-refractivity contribution < 1.29 is 5.11 Å². The molecule has 1 heterocycles. The lowest BCUT2D eigenvalue weighted by atomic mass is 9.53. The van der Waals surface area contributed by atoms with Gasteiger partial charge in [-0.2, -0.15) is 0 Å². The topological polar surface area (TPSA) is 36.0 Å².